The molecule has 14 heavy (non-hydrogen) atoms. The first-order chi connectivity index (χ1) is 6.29. The lowest BCUT2D eigenvalue weighted by Gasteiger charge is -2.17. The van der Waals surface area contributed by atoms with Gasteiger partial charge in [-0.3, -0.25) is 0 Å². The van der Waals surface area contributed by atoms with Crippen molar-refractivity contribution in [3.63, 3.8) is 0 Å². The van der Waals surface area contributed by atoms with Gasteiger partial charge in [0.05, 0.1) is 10.2 Å². The van der Waals surface area contributed by atoms with E-state index in [2.05, 4.69) is 46.7 Å². The van der Waals surface area contributed by atoms with E-state index in [0.29, 0.717) is 5.15 Å². The number of nitrogens with zero attached hydrogens (tertiary/aromatic N) is 2. The first kappa shape index (κ1) is 11.9. The largest absolute Gasteiger partial charge is 0.237 e. The van der Waals surface area contributed by atoms with Crippen LogP contribution in [-0.2, 0) is 6.42 Å². The molecule has 0 bridgehead atoms. The summed E-state index contributed by atoms with van der Waals surface area (Å²) in [5, 5.41) is 0.497. The lowest BCUT2D eigenvalue weighted by molar-refractivity contribution is 0.400. The van der Waals surface area contributed by atoms with Crippen LogP contribution in [0.1, 0.15) is 32.3 Å². The van der Waals surface area contributed by atoms with Gasteiger partial charge in [0, 0.05) is 6.42 Å². The summed E-state index contributed by atoms with van der Waals surface area (Å²) in [6.07, 6.45) is 0.834. The van der Waals surface area contributed by atoms with Crippen molar-refractivity contribution in [3.05, 3.63) is 21.1 Å². The Labute approximate surface area is 98.2 Å². The third-order valence-corrected chi connectivity index (χ3v) is 3.16. The van der Waals surface area contributed by atoms with Crippen molar-refractivity contribution >= 4 is 27.5 Å². The van der Waals surface area contributed by atoms with E-state index >= 15 is 0 Å². The van der Waals surface area contributed by atoms with E-state index in [9.17, 15) is 0 Å². The van der Waals surface area contributed by atoms with Gasteiger partial charge in [-0.15, -0.1) is 0 Å². The summed E-state index contributed by atoms with van der Waals surface area (Å²) >= 11 is 9.29. The minimum absolute atomic E-state index is 0.184. The van der Waals surface area contributed by atoms with Crippen molar-refractivity contribution in [2.45, 2.75) is 34.1 Å². The molecule has 0 atom stereocenters. The van der Waals surface area contributed by atoms with Gasteiger partial charge in [0.15, 0.2) is 0 Å². The minimum Gasteiger partial charge on any atom is -0.237 e. The molecule has 4 heteroatoms. The predicted octanol–water partition coefficient (Wildman–Crippen LogP) is 3.79. The maximum atomic E-state index is 5.95. The Kier molecular flexibility index (Phi) is 3.53. The van der Waals surface area contributed by atoms with Crippen molar-refractivity contribution < 1.29 is 0 Å². The zero-order valence-corrected chi connectivity index (χ0v) is 11.2. The van der Waals surface area contributed by atoms with Gasteiger partial charge in [0.25, 0.3) is 0 Å². The van der Waals surface area contributed by atoms with E-state index in [1.807, 2.05) is 6.92 Å². The Morgan fingerprint density at radius 1 is 1.29 bits per heavy atom. The van der Waals surface area contributed by atoms with E-state index in [-0.39, 0.29) is 5.41 Å². The Bertz CT molecular complexity index is 321. The fourth-order valence-electron chi connectivity index (χ4n) is 1.13. The molecule has 0 fully saturated rings. The second kappa shape index (κ2) is 4.15. The molecular weight excluding hydrogens is 263 g/mol. The summed E-state index contributed by atoms with van der Waals surface area (Å²) in [6.45, 7) is 8.38. The first-order valence-corrected chi connectivity index (χ1v) is 5.65. The standard InChI is InChI=1S/C10H14BrClN2/c1-6-8(11)9(12)14-7(13-6)5-10(2,3)4/h5H2,1-4H3. The molecule has 0 saturated carbocycles. The number of aryl methyl sites for hydroxylation is 1. The fraction of sp³-hybridized carbons (Fsp3) is 0.600. The number of aromatic nitrogens is 2. The molecule has 0 aromatic carbocycles. The Morgan fingerprint density at radius 2 is 1.86 bits per heavy atom. The SMILES string of the molecule is Cc1nc(CC(C)(C)C)nc(Cl)c1Br. The molecule has 78 valence electrons. The number of hydrogen-bond acceptors (Lipinski definition) is 2. The number of rotatable bonds is 1. The molecule has 0 saturated heterocycles. The van der Waals surface area contributed by atoms with Gasteiger partial charge in [0.2, 0.25) is 0 Å². The molecular formula is C10H14BrClN2. The van der Waals surface area contributed by atoms with Gasteiger partial charge >= 0.3 is 0 Å². The molecule has 0 amide bonds. The molecule has 1 aromatic rings. The molecule has 1 heterocycles. The maximum absolute atomic E-state index is 5.95. The molecule has 0 aliphatic heterocycles. The van der Waals surface area contributed by atoms with Gasteiger partial charge in [0.1, 0.15) is 11.0 Å². The lowest BCUT2D eigenvalue weighted by atomic mass is 9.92. The highest BCUT2D eigenvalue weighted by atomic mass is 79.9. The highest BCUT2D eigenvalue weighted by Gasteiger charge is 2.15. The van der Waals surface area contributed by atoms with E-state index in [1.54, 1.807) is 0 Å². The minimum atomic E-state index is 0.184. The van der Waals surface area contributed by atoms with Gasteiger partial charge in [-0.1, -0.05) is 32.4 Å². The van der Waals surface area contributed by atoms with Crippen LogP contribution in [0.2, 0.25) is 5.15 Å². The van der Waals surface area contributed by atoms with Crippen LogP contribution in [0, 0.1) is 12.3 Å². The summed E-state index contributed by atoms with van der Waals surface area (Å²) in [5.74, 6) is 0.809. The van der Waals surface area contributed by atoms with Crippen LogP contribution < -0.4 is 0 Å². The second-order valence-electron chi connectivity index (χ2n) is 4.57. The van der Waals surface area contributed by atoms with Gasteiger partial charge in [-0.05, 0) is 28.3 Å². The van der Waals surface area contributed by atoms with Gasteiger partial charge in [-0.2, -0.15) is 0 Å². The van der Waals surface area contributed by atoms with Crippen LogP contribution in [0.5, 0.6) is 0 Å². The summed E-state index contributed by atoms with van der Waals surface area (Å²) in [7, 11) is 0. The van der Waals surface area contributed by atoms with Gasteiger partial charge in [-0.25, -0.2) is 9.97 Å². The molecule has 0 unspecified atom stereocenters. The Balaban J connectivity index is 3.02. The van der Waals surface area contributed by atoms with Crippen molar-refractivity contribution in [2.24, 2.45) is 5.41 Å². The summed E-state index contributed by atoms with van der Waals surface area (Å²) in [5.41, 5.74) is 1.08. The number of halogens is 2. The van der Waals surface area contributed by atoms with E-state index < -0.39 is 0 Å². The molecule has 2 nitrogen and oxygen atoms in total. The van der Waals surface area contributed by atoms with Crippen molar-refractivity contribution in [1.82, 2.24) is 9.97 Å². The van der Waals surface area contributed by atoms with Crippen LogP contribution in [0.15, 0.2) is 4.47 Å². The number of hydrogen-bond donors (Lipinski definition) is 0. The van der Waals surface area contributed by atoms with Crippen molar-refractivity contribution in [1.29, 1.82) is 0 Å². The average molecular weight is 278 g/mol. The lowest BCUT2D eigenvalue weighted by Crippen LogP contribution is -2.12. The molecule has 0 aliphatic rings. The summed E-state index contributed by atoms with van der Waals surface area (Å²) in [4.78, 5) is 8.60. The summed E-state index contributed by atoms with van der Waals surface area (Å²) < 4.78 is 0.789. The highest BCUT2D eigenvalue weighted by Crippen LogP contribution is 2.25. The summed E-state index contributed by atoms with van der Waals surface area (Å²) in [6, 6.07) is 0. The highest BCUT2D eigenvalue weighted by molar-refractivity contribution is 9.10. The van der Waals surface area contributed by atoms with Gasteiger partial charge < -0.3 is 0 Å². The smallest absolute Gasteiger partial charge is 0.147 e. The van der Waals surface area contributed by atoms with Crippen LogP contribution in [0.3, 0.4) is 0 Å². The van der Waals surface area contributed by atoms with Crippen LogP contribution in [-0.4, -0.2) is 9.97 Å². The van der Waals surface area contributed by atoms with Crippen LogP contribution in [0.25, 0.3) is 0 Å². The quantitative estimate of drug-likeness (QED) is 0.730. The molecule has 0 aliphatic carbocycles. The monoisotopic (exact) mass is 276 g/mol. The molecule has 1 aromatic heterocycles. The zero-order chi connectivity index (χ0) is 10.9. The molecule has 1 rings (SSSR count). The third kappa shape index (κ3) is 3.21. The molecule has 0 N–H and O–H groups in total. The maximum Gasteiger partial charge on any atom is 0.147 e. The predicted molar refractivity (Wildman–Crippen MR) is 62.6 cm³/mol. The Morgan fingerprint density at radius 3 is 2.29 bits per heavy atom. The van der Waals surface area contributed by atoms with Crippen LogP contribution >= 0.6 is 27.5 Å². The normalized spacial score (nSPS) is 11.9. The van der Waals surface area contributed by atoms with E-state index in [4.69, 9.17) is 11.6 Å². The molecule has 0 spiro atoms. The second-order valence-corrected chi connectivity index (χ2v) is 5.72. The first-order valence-electron chi connectivity index (χ1n) is 4.48. The molecule has 0 radical (unpaired) electrons. The van der Waals surface area contributed by atoms with Crippen molar-refractivity contribution in [3.8, 4) is 0 Å². The fourth-order valence-corrected chi connectivity index (χ4v) is 1.54. The van der Waals surface area contributed by atoms with Crippen molar-refractivity contribution in [2.75, 3.05) is 0 Å². The Hall–Kier alpha value is -0.150. The average Bonchev–Trinajstić information content (AvgIpc) is 1.96. The van der Waals surface area contributed by atoms with Crippen LogP contribution in [0.4, 0.5) is 0 Å². The topological polar surface area (TPSA) is 25.8 Å². The third-order valence-electron chi connectivity index (χ3n) is 1.71. The van der Waals surface area contributed by atoms with E-state index in [0.717, 1.165) is 22.4 Å². The van der Waals surface area contributed by atoms with E-state index in [1.165, 1.54) is 0 Å². The zero-order valence-electron chi connectivity index (χ0n) is 8.86.